The fourth-order valence-corrected chi connectivity index (χ4v) is 1.35. The minimum atomic E-state index is -0.163. The predicted octanol–water partition coefficient (Wildman–Crippen LogP) is 0.609. The van der Waals surface area contributed by atoms with Crippen LogP contribution in [0.3, 0.4) is 0 Å². The summed E-state index contributed by atoms with van der Waals surface area (Å²) in [6.45, 7) is 1.71. The topological polar surface area (TPSA) is 85.2 Å². The molecule has 19 heavy (non-hydrogen) atoms. The van der Waals surface area contributed by atoms with Crippen LogP contribution in [0.1, 0.15) is 10.4 Å². The average Bonchev–Trinajstić information content (AvgIpc) is 2.43. The molecule has 0 saturated carbocycles. The molecule has 0 radical (unpaired) electrons. The lowest BCUT2D eigenvalue weighted by Crippen LogP contribution is -2.12. The van der Waals surface area contributed by atoms with E-state index in [0.717, 1.165) is 0 Å². The van der Waals surface area contributed by atoms with E-state index in [-0.39, 0.29) is 30.3 Å². The van der Waals surface area contributed by atoms with Gasteiger partial charge in [0.15, 0.2) is 17.8 Å². The Bertz CT molecular complexity index is 379. The molecule has 0 aliphatic heterocycles. The number of aromatic hydroxyl groups is 1. The highest BCUT2D eigenvalue weighted by atomic mass is 16.5. The van der Waals surface area contributed by atoms with Crippen LogP contribution in [0.2, 0.25) is 0 Å². The number of para-hydroxylation sites is 1. The highest BCUT2D eigenvalue weighted by Crippen LogP contribution is 2.28. The highest BCUT2D eigenvalue weighted by Gasteiger charge is 2.06. The summed E-state index contributed by atoms with van der Waals surface area (Å²) in [4.78, 5) is 10.6. The molecule has 0 aliphatic carbocycles. The van der Waals surface area contributed by atoms with Crippen molar-refractivity contribution in [2.75, 3.05) is 39.6 Å². The van der Waals surface area contributed by atoms with Gasteiger partial charge in [-0.3, -0.25) is 4.79 Å². The summed E-state index contributed by atoms with van der Waals surface area (Å²) in [5.74, 6) is 0.0912. The third kappa shape index (κ3) is 5.69. The zero-order valence-electron chi connectivity index (χ0n) is 10.6. The molecule has 1 rings (SSSR count). The molecular weight excluding hydrogens is 252 g/mol. The molecule has 0 aliphatic rings. The zero-order valence-corrected chi connectivity index (χ0v) is 10.6. The van der Waals surface area contributed by atoms with Crippen LogP contribution in [0.4, 0.5) is 0 Å². The number of aliphatic hydroxyl groups is 1. The van der Waals surface area contributed by atoms with Gasteiger partial charge in [0.05, 0.1) is 38.6 Å². The number of carbonyl (C=O) groups excluding carboxylic acids is 1. The maximum absolute atomic E-state index is 10.6. The van der Waals surface area contributed by atoms with Gasteiger partial charge in [-0.15, -0.1) is 0 Å². The van der Waals surface area contributed by atoms with Crippen LogP contribution in [0, 0.1) is 0 Å². The molecule has 2 N–H and O–H groups in total. The van der Waals surface area contributed by atoms with Crippen LogP contribution in [-0.4, -0.2) is 56.1 Å². The van der Waals surface area contributed by atoms with Gasteiger partial charge in [-0.1, -0.05) is 6.07 Å². The van der Waals surface area contributed by atoms with Gasteiger partial charge in [0.2, 0.25) is 0 Å². The zero-order chi connectivity index (χ0) is 13.9. The molecular formula is C13H18O6. The third-order valence-corrected chi connectivity index (χ3v) is 2.25. The first kappa shape index (κ1) is 15.4. The molecule has 0 unspecified atom stereocenters. The van der Waals surface area contributed by atoms with Crippen LogP contribution >= 0.6 is 0 Å². The molecule has 0 atom stereocenters. The molecule has 0 saturated heterocycles. The van der Waals surface area contributed by atoms with E-state index in [1.54, 1.807) is 12.1 Å². The monoisotopic (exact) mass is 270 g/mol. The Morgan fingerprint density at radius 3 is 2.42 bits per heavy atom. The number of carbonyl (C=O) groups is 1. The Labute approximate surface area is 111 Å². The molecule has 0 aromatic heterocycles. The number of phenolic OH excluding ortho intramolecular Hbond substituents is 1. The first-order valence-corrected chi connectivity index (χ1v) is 5.96. The van der Waals surface area contributed by atoms with Crippen molar-refractivity contribution in [3.05, 3.63) is 23.8 Å². The van der Waals surface area contributed by atoms with Crippen LogP contribution in [0.25, 0.3) is 0 Å². The van der Waals surface area contributed by atoms with Crippen LogP contribution in [-0.2, 0) is 9.47 Å². The maximum atomic E-state index is 10.6. The second kappa shape index (κ2) is 9.32. The quantitative estimate of drug-likeness (QED) is 0.478. The van der Waals surface area contributed by atoms with Gasteiger partial charge < -0.3 is 24.4 Å². The Morgan fingerprint density at radius 1 is 1.05 bits per heavy atom. The summed E-state index contributed by atoms with van der Waals surface area (Å²) in [7, 11) is 0. The SMILES string of the molecule is O=Cc1cccc(OCCOCCOCCO)c1O. The van der Waals surface area contributed by atoms with Gasteiger partial charge in [0, 0.05) is 0 Å². The highest BCUT2D eigenvalue weighted by molar-refractivity contribution is 5.80. The van der Waals surface area contributed by atoms with E-state index >= 15 is 0 Å². The van der Waals surface area contributed by atoms with E-state index < -0.39 is 0 Å². The number of rotatable bonds is 10. The largest absolute Gasteiger partial charge is 0.504 e. The molecule has 0 spiro atoms. The number of phenols is 1. The van der Waals surface area contributed by atoms with E-state index in [9.17, 15) is 9.90 Å². The first-order valence-electron chi connectivity index (χ1n) is 5.96. The summed E-state index contributed by atoms with van der Waals surface area (Å²) in [5.41, 5.74) is 0.191. The Hall–Kier alpha value is -1.63. The number of aliphatic hydroxyl groups excluding tert-OH is 1. The van der Waals surface area contributed by atoms with Crippen molar-refractivity contribution in [1.82, 2.24) is 0 Å². The third-order valence-electron chi connectivity index (χ3n) is 2.25. The van der Waals surface area contributed by atoms with Crippen molar-refractivity contribution < 1.29 is 29.2 Å². The van der Waals surface area contributed by atoms with E-state index in [4.69, 9.17) is 19.3 Å². The van der Waals surface area contributed by atoms with Gasteiger partial charge in [-0.25, -0.2) is 0 Å². The predicted molar refractivity (Wildman–Crippen MR) is 67.7 cm³/mol. The Morgan fingerprint density at radius 2 is 1.74 bits per heavy atom. The van der Waals surface area contributed by atoms with Gasteiger partial charge >= 0.3 is 0 Å². The fourth-order valence-electron chi connectivity index (χ4n) is 1.35. The standard InChI is InChI=1S/C13H18O6/c14-4-5-17-6-7-18-8-9-19-12-3-1-2-11(10-15)13(12)16/h1-3,10,14,16H,4-9H2. The summed E-state index contributed by atoms with van der Waals surface area (Å²) in [6.07, 6.45) is 0.567. The fraction of sp³-hybridized carbons (Fsp3) is 0.462. The van der Waals surface area contributed by atoms with E-state index in [1.165, 1.54) is 6.07 Å². The molecule has 6 nitrogen and oxygen atoms in total. The van der Waals surface area contributed by atoms with Crippen molar-refractivity contribution in [2.45, 2.75) is 0 Å². The maximum Gasteiger partial charge on any atom is 0.168 e. The molecule has 106 valence electrons. The smallest absolute Gasteiger partial charge is 0.168 e. The van der Waals surface area contributed by atoms with Crippen LogP contribution in [0.5, 0.6) is 11.5 Å². The van der Waals surface area contributed by atoms with Gasteiger partial charge in [-0.05, 0) is 12.1 Å². The van der Waals surface area contributed by atoms with Crippen LogP contribution < -0.4 is 4.74 Å². The molecule has 0 heterocycles. The van der Waals surface area contributed by atoms with Crippen molar-refractivity contribution in [3.63, 3.8) is 0 Å². The Balaban J connectivity index is 2.17. The summed E-state index contributed by atoms with van der Waals surface area (Å²) in [5, 5.41) is 18.1. The molecule has 1 aromatic rings. The number of hydrogen-bond acceptors (Lipinski definition) is 6. The second-order valence-corrected chi connectivity index (χ2v) is 3.61. The molecule has 6 heteroatoms. The lowest BCUT2D eigenvalue weighted by atomic mass is 10.2. The summed E-state index contributed by atoms with van der Waals surface area (Å²) in [6, 6.07) is 4.71. The summed E-state index contributed by atoms with van der Waals surface area (Å²) >= 11 is 0. The number of hydrogen-bond donors (Lipinski definition) is 2. The van der Waals surface area contributed by atoms with Crippen molar-refractivity contribution in [2.24, 2.45) is 0 Å². The van der Waals surface area contributed by atoms with Gasteiger partial charge in [-0.2, -0.15) is 0 Å². The van der Waals surface area contributed by atoms with Gasteiger partial charge in [0.1, 0.15) is 6.61 Å². The van der Waals surface area contributed by atoms with E-state index in [2.05, 4.69) is 0 Å². The normalized spacial score (nSPS) is 10.4. The van der Waals surface area contributed by atoms with E-state index in [0.29, 0.717) is 32.7 Å². The molecule has 0 amide bonds. The van der Waals surface area contributed by atoms with Crippen molar-refractivity contribution in [3.8, 4) is 11.5 Å². The minimum absolute atomic E-state index is 0.00450. The second-order valence-electron chi connectivity index (χ2n) is 3.61. The Kier molecular flexibility index (Phi) is 7.57. The van der Waals surface area contributed by atoms with Crippen molar-refractivity contribution in [1.29, 1.82) is 0 Å². The van der Waals surface area contributed by atoms with Crippen LogP contribution in [0.15, 0.2) is 18.2 Å². The number of benzene rings is 1. The molecule has 0 fully saturated rings. The molecule has 0 bridgehead atoms. The number of aldehydes is 1. The lowest BCUT2D eigenvalue weighted by molar-refractivity contribution is 0.0245. The number of ether oxygens (including phenoxy) is 3. The van der Waals surface area contributed by atoms with E-state index in [1.807, 2.05) is 0 Å². The van der Waals surface area contributed by atoms with Crippen molar-refractivity contribution >= 4 is 6.29 Å². The average molecular weight is 270 g/mol. The minimum Gasteiger partial charge on any atom is -0.504 e. The van der Waals surface area contributed by atoms with Gasteiger partial charge in [0.25, 0.3) is 0 Å². The first-order chi connectivity index (χ1) is 9.29. The molecule has 1 aromatic carbocycles. The summed E-state index contributed by atoms with van der Waals surface area (Å²) < 4.78 is 15.5. The lowest BCUT2D eigenvalue weighted by Gasteiger charge is -2.09.